The first kappa shape index (κ1) is 89.5. The molecule has 10 aromatic carbocycles. The van der Waals surface area contributed by atoms with Gasteiger partial charge in [0.25, 0.3) is 0 Å². The molecule has 0 atom stereocenters. The van der Waals surface area contributed by atoms with Gasteiger partial charge in [0.1, 0.15) is 0 Å². The SMILES string of the molecule is Cc1c(C#N)cc(C#N)cc1C#N.Cc1c(C#N)cccc1C#N.Cc1cc(C#N)cc(C#N)c1.Cc1ccc(C#N)cc1.Cc1ccc(C#N)cc1C#N.Cc1ccc(C(F)(F)F)cc1.Cc1cccc(C#N)c1.Cc1cccc(C(F)(F)F)c1.Cc1ccccc1C#N.Cc1ccccc1C(F)(F)F. The quantitative estimate of drug-likeness (QED) is 0.128. The largest absolute Gasteiger partial charge is 0.416 e. The Labute approximate surface area is 611 Å². The monoisotopic (exact) mass is 1420 g/mol. The molecule has 0 fully saturated rings. The Morgan fingerprint density at radius 2 is 0.547 bits per heavy atom. The van der Waals surface area contributed by atoms with Gasteiger partial charge in [-0.2, -0.15) is 103 Å². The second-order valence-corrected chi connectivity index (χ2v) is 22.2. The molecular formula is C85H65F9N12. The second-order valence-electron chi connectivity index (χ2n) is 22.2. The van der Waals surface area contributed by atoms with Crippen molar-refractivity contribution in [2.75, 3.05) is 0 Å². The van der Waals surface area contributed by atoms with E-state index in [9.17, 15) is 39.5 Å². The number of aryl methyl sites for hydroxylation is 8. The van der Waals surface area contributed by atoms with Gasteiger partial charge in [-0.3, -0.25) is 0 Å². The van der Waals surface area contributed by atoms with Gasteiger partial charge in [-0.1, -0.05) is 120 Å². The van der Waals surface area contributed by atoms with Crippen molar-refractivity contribution in [2.24, 2.45) is 0 Å². The Balaban J connectivity index is 0.000000590. The number of hydrogen-bond donors (Lipinski definition) is 0. The van der Waals surface area contributed by atoms with Crippen molar-refractivity contribution in [2.45, 2.75) is 87.8 Å². The van der Waals surface area contributed by atoms with Crippen LogP contribution < -0.4 is 0 Å². The Kier molecular flexibility index (Phi) is 38.8. The third-order valence-electron chi connectivity index (χ3n) is 13.9. The van der Waals surface area contributed by atoms with Crippen LogP contribution in [0.1, 0.15) is 139 Å². The lowest BCUT2D eigenvalue weighted by Crippen LogP contribution is -2.06. The third-order valence-corrected chi connectivity index (χ3v) is 13.9. The first-order valence-electron chi connectivity index (χ1n) is 30.9. The van der Waals surface area contributed by atoms with E-state index in [0.29, 0.717) is 61.2 Å². The molecule has 0 aliphatic heterocycles. The standard InChI is InChI=1S/C10H5N3.3C9H6N2.3C8H7F3.3C8H7N/c1-7-9(5-12)2-8(4-11)3-10(7)6-13;1-7-2-8(5-10)4-9(3-7)6-11;1-7-2-3-8(5-10)4-9(7)6-11;1-7-8(5-10)3-2-4-9(7)6-11;1-6-2-4-7(5-3-6)8(9,10)11;1-6-3-2-4-7(5-6)8(9,10)11;1-6-4-2-3-5-7(6)8(9,10)11;1-7-2-4-8(6-9)5-3-7;1-7-3-2-4-8(5-7)6-9;1-7-4-2-3-5-8(7)6-9/h2-3H,1H3;3*2-4H,1H3;3*2-5H,1H3;3*2-5H,1H3. The molecule has 0 amide bonds. The number of alkyl halides is 9. The summed E-state index contributed by atoms with van der Waals surface area (Å²) in [6.45, 7) is 17.9. The lowest BCUT2D eigenvalue weighted by molar-refractivity contribution is -0.138. The Morgan fingerprint density at radius 3 is 0.915 bits per heavy atom. The number of rotatable bonds is 0. The van der Waals surface area contributed by atoms with Gasteiger partial charge in [0.2, 0.25) is 0 Å². The molecule has 106 heavy (non-hydrogen) atoms. The van der Waals surface area contributed by atoms with Crippen LogP contribution in [0, 0.1) is 205 Å². The van der Waals surface area contributed by atoms with Crippen molar-refractivity contribution in [3.05, 3.63) is 351 Å². The van der Waals surface area contributed by atoms with E-state index < -0.39 is 35.2 Å². The molecule has 21 heteroatoms. The van der Waals surface area contributed by atoms with Gasteiger partial charge in [-0.05, 0) is 217 Å². The lowest BCUT2D eigenvalue weighted by atomic mass is 10.0. The van der Waals surface area contributed by atoms with Gasteiger partial charge in [0.15, 0.2) is 0 Å². The van der Waals surface area contributed by atoms with Crippen LogP contribution in [0.3, 0.4) is 0 Å². The number of nitrogens with zero attached hydrogens (tertiary/aromatic N) is 12. The highest BCUT2D eigenvalue weighted by Crippen LogP contribution is 2.32. The number of benzene rings is 10. The molecule has 0 saturated carbocycles. The Hall–Kier alpha value is -14.6. The van der Waals surface area contributed by atoms with Crippen LogP contribution in [0.15, 0.2) is 212 Å². The van der Waals surface area contributed by atoms with Crippen molar-refractivity contribution in [1.82, 2.24) is 0 Å². The van der Waals surface area contributed by atoms with E-state index in [1.54, 1.807) is 100 Å². The molecule has 10 rings (SSSR count). The highest BCUT2D eigenvalue weighted by molar-refractivity contribution is 5.53. The average Bonchev–Trinajstić information content (AvgIpc) is 0.849. The van der Waals surface area contributed by atoms with Crippen LogP contribution in [0.2, 0.25) is 0 Å². The first-order chi connectivity index (χ1) is 50.1. The summed E-state index contributed by atoms with van der Waals surface area (Å²) in [5.41, 5.74) is 13.3. The maximum Gasteiger partial charge on any atom is 0.416 e. The fourth-order valence-electron chi connectivity index (χ4n) is 8.11. The highest BCUT2D eigenvalue weighted by Gasteiger charge is 2.32. The lowest BCUT2D eigenvalue weighted by Gasteiger charge is -2.08. The maximum absolute atomic E-state index is 12.0. The summed E-state index contributed by atoms with van der Waals surface area (Å²) in [5.74, 6) is 0. The zero-order chi connectivity index (χ0) is 80.2. The minimum Gasteiger partial charge on any atom is -0.192 e. The fourth-order valence-corrected chi connectivity index (χ4v) is 8.11. The van der Waals surface area contributed by atoms with Crippen LogP contribution in [0.5, 0.6) is 0 Å². The van der Waals surface area contributed by atoms with Crippen molar-refractivity contribution in [3.8, 4) is 72.8 Å². The van der Waals surface area contributed by atoms with Crippen molar-refractivity contribution >= 4 is 0 Å². The zero-order valence-corrected chi connectivity index (χ0v) is 59.0. The molecule has 0 saturated heterocycles. The predicted molar refractivity (Wildman–Crippen MR) is 383 cm³/mol. The molecule has 12 nitrogen and oxygen atoms in total. The minimum absolute atomic E-state index is 0.264. The van der Waals surface area contributed by atoms with Crippen LogP contribution in [-0.4, -0.2) is 0 Å². The Bertz CT molecular complexity index is 5010. The second kappa shape index (κ2) is 46.0. The highest BCUT2D eigenvalue weighted by atomic mass is 19.4. The first-order valence-corrected chi connectivity index (χ1v) is 30.9. The fraction of sp³-hybridized carbons (Fsp3) is 0.153. The molecule has 10 aromatic rings. The molecule has 528 valence electrons. The molecule has 0 aliphatic rings. The summed E-state index contributed by atoms with van der Waals surface area (Å²) in [7, 11) is 0. The number of nitriles is 12. The number of halogens is 9. The normalized spacial score (nSPS) is 9.35. The van der Waals surface area contributed by atoms with E-state index in [2.05, 4.69) is 18.2 Å². The van der Waals surface area contributed by atoms with Gasteiger partial charge in [-0.25, -0.2) is 0 Å². The van der Waals surface area contributed by atoms with Crippen molar-refractivity contribution in [3.63, 3.8) is 0 Å². The van der Waals surface area contributed by atoms with Crippen LogP contribution in [0.4, 0.5) is 39.5 Å². The third kappa shape index (κ3) is 33.5. The summed E-state index contributed by atoms with van der Waals surface area (Å²) in [5, 5.41) is 103. The van der Waals surface area contributed by atoms with Crippen molar-refractivity contribution in [1.29, 1.82) is 63.1 Å². The summed E-state index contributed by atoms with van der Waals surface area (Å²) >= 11 is 0. The van der Waals surface area contributed by atoms with Crippen LogP contribution >= 0.6 is 0 Å². The number of hydrogen-bond acceptors (Lipinski definition) is 12. The van der Waals surface area contributed by atoms with Gasteiger partial charge in [0.05, 0.1) is 156 Å². The van der Waals surface area contributed by atoms with Crippen LogP contribution in [0.25, 0.3) is 0 Å². The summed E-state index contributed by atoms with van der Waals surface area (Å²) in [6.07, 6.45) is -12.6. The zero-order valence-electron chi connectivity index (χ0n) is 59.0. The average molecular weight is 1430 g/mol. The van der Waals surface area contributed by atoms with E-state index in [1.807, 2.05) is 156 Å². The smallest absolute Gasteiger partial charge is 0.192 e. The topological polar surface area (TPSA) is 285 Å². The molecular weight excluding hydrogens is 1360 g/mol. The summed E-state index contributed by atoms with van der Waals surface area (Å²) < 4.78 is 108. The summed E-state index contributed by atoms with van der Waals surface area (Å²) in [6, 6.07) is 80.6. The summed E-state index contributed by atoms with van der Waals surface area (Å²) in [4.78, 5) is 0. The minimum atomic E-state index is -4.22. The molecule has 0 unspecified atom stereocenters. The van der Waals surface area contributed by atoms with E-state index >= 15 is 0 Å². The van der Waals surface area contributed by atoms with Gasteiger partial charge in [-0.15, -0.1) is 0 Å². The molecule has 0 radical (unpaired) electrons. The van der Waals surface area contributed by atoms with E-state index in [-0.39, 0.29) is 5.56 Å². The van der Waals surface area contributed by atoms with Crippen molar-refractivity contribution < 1.29 is 39.5 Å². The van der Waals surface area contributed by atoms with Crippen LogP contribution in [-0.2, 0) is 18.5 Å². The molecule has 0 N–H and O–H groups in total. The molecule has 0 spiro atoms. The van der Waals surface area contributed by atoms with Gasteiger partial charge >= 0.3 is 18.5 Å². The molecule has 0 aromatic heterocycles. The molecule has 0 bridgehead atoms. The maximum atomic E-state index is 12.0. The predicted octanol–water partition coefficient (Wildman–Crippen LogP) is 21.5. The Morgan fingerprint density at radius 1 is 0.208 bits per heavy atom. The van der Waals surface area contributed by atoms with E-state index in [4.69, 9.17) is 63.1 Å². The van der Waals surface area contributed by atoms with E-state index in [1.165, 1.54) is 55.0 Å². The van der Waals surface area contributed by atoms with Gasteiger partial charge in [0, 0.05) is 0 Å². The molecule has 0 aliphatic carbocycles. The van der Waals surface area contributed by atoms with E-state index in [0.717, 1.165) is 80.4 Å². The molecule has 0 heterocycles. The van der Waals surface area contributed by atoms with Gasteiger partial charge < -0.3 is 0 Å².